The van der Waals surface area contributed by atoms with Gasteiger partial charge in [0.05, 0.1) is 28.4 Å². The standard InChI is InChI=1S/C20H19FO6/c1-23-14-7-11(6-13(21)8-14)5-12-10-27-15-9-16(24-2)19(25-3)20(26-4)17(15)18(12)22/h5-9H,10H2,1-4H3/b12-5+. The normalized spacial score (nSPS) is 14.4. The molecule has 7 heteroatoms. The Morgan fingerprint density at radius 1 is 0.963 bits per heavy atom. The fourth-order valence-corrected chi connectivity index (χ4v) is 2.94. The van der Waals surface area contributed by atoms with Gasteiger partial charge >= 0.3 is 0 Å². The van der Waals surface area contributed by atoms with E-state index in [1.54, 1.807) is 18.2 Å². The maximum Gasteiger partial charge on any atom is 0.204 e. The molecular formula is C20H19FO6. The minimum absolute atomic E-state index is 0.0311. The molecule has 27 heavy (non-hydrogen) atoms. The molecule has 0 radical (unpaired) electrons. The second kappa shape index (κ2) is 7.57. The Bertz CT molecular complexity index is 919. The third-order valence-corrected chi connectivity index (χ3v) is 4.17. The number of halogens is 1. The minimum Gasteiger partial charge on any atom is -0.497 e. The first-order valence-electron chi connectivity index (χ1n) is 8.08. The van der Waals surface area contributed by atoms with E-state index >= 15 is 0 Å². The third kappa shape index (κ3) is 3.40. The lowest BCUT2D eigenvalue weighted by molar-refractivity contribution is 0.0996. The first kappa shape index (κ1) is 18.6. The highest BCUT2D eigenvalue weighted by molar-refractivity contribution is 6.16. The predicted octanol–water partition coefficient (Wildman–Crippen LogP) is 3.52. The quantitative estimate of drug-likeness (QED) is 0.747. The number of Topliss-reactive ketones (excluding diaryl/α,β-unsaturated/α-hetero) is 1. The van der Waals surface area contributed by atoms with Gasteiger partial charge in [0.1, 0.15) is 29.5 Å². The summed E-state index contributed by atoms with van der Waals surface area (Å²) >= 11 is 0. The van der Waals surface area contributed by atoms with E-state index in [-0.39, 0.29) is 23.7 Å². The lowest BCUT2D eigenvalue weighted by Gasteiger charge is -2.23. The van der Waals surface area contributed by atoms with E-state index in [0.717, 1.165) is 0 Å². The number of methoxy groups -OCH3 is 4. The molecule has 0 fully saturated rings. The van der Waals surface area contributed by atoms with Crippen LogP contribution in [0.5, 0.6) is 28.7 Å². The highest BCUT2D eigenvalue weighted by Gasteiger charge is 2.32. The Balaban J connectivity index is 2.10. The van der Waals surface area contributed by atoms with Gasteiger partial charge in [0, 0.05) is 17.7 Å². The average Bonchev–Trinajstić information content (AvgIpc) is 2.67. The zero-order valence-electron chi connectivity index (χ0n) is 15.4. The van der Waals surface area contributed by atoms with E-state index in [9.17, 15) is 9.18 Å². The summed E-state index contributed by atoms with van der Waals surface area (Å²) in [6.45, 7) is 0.0311. The number of fused-ring (bicyclic) bond motifs is 1. The van der Waals surface area contributed by atoms with E-state index in [1.807, 2.05) is 0 Å². The van der Waals surface area contributed by atoms with Crippen LogP contribution in [0.3, 0.4) is 0 Å². The predicted molar refractivity (Wildman–Crippen MR) is 96.9 cm³/mol. The Labute approximate surface area is 156 Å². The van der Waals surface area contributed by atoms with Crippen molar-refractivity contribution >= 4 is 11.9 Å². The number of carbonyl (C=O) groups is 1. The fourth-order valence-electron chi connectivity index (χ4n) is 2.94. The highest BCUT2D eigenvalue weighted by Crippen LogP contribution is 2.47. The van der Waals surface area contributed by atoms with Crippen LogP contribution in [0.1, 0.15) is 15.9 Å². The number of ether oxygens (including phenoxy) is 5. The molecule has 0 spiro atoms. The molecule has 0 aromatic heterocycles. The molecule has 0 aliphatic carbocycles. The molecule has 3 rings (SSSR count). The van der Waals surface area contributed by atoms with Crippen LogP contribution in [-0.2, 0) is 0 Å². The van der Waals surface area contributed by atoms with Crippen LogP contribution in [0.2, 0.25) is 0 Å². The van der Waals surface area contributed by atoms with Gasteiger partial charge in [-0.1, -0.05) is 0 Å². The van der Waals surface area contributed by atoms with Gasteiger partial charge < -0.3 is 23.7 Å². The number of hydrogen-bond acceptors (Lipinski definition) is 6. The summed E-state index contributed by atoms with van der Waals surface area (Å²) in [7, 11) is 5.81. The summed E-state index contributed by atoms with van der Waals surface area (Å²) in [6, 6.07) is 5.78. The van der Waals surface area contributed by atoms with Crippen molar-refractivity contribution in [1.29, 1.82) is 0 Å². The number of hydrogen-bond donors (Lipinski definition) is 0. The largest absolute Gasteiger partial charge is 0.497 e. The van der Waals surface area contributed by atoms with Crippen LogP contribution in [-0.4, -0.2) is 40.8 Å². The first-order chi connectivity index (χ1) is 13.0. The van der Waals surface area contributed by atoms with E-state index in [2.05, 4.69) is 0 Å². The summed E-state index contributed by atoms with van der Waals surface area (Å²) in [5.74, 6) is 0.845. The van der Waals surface area contributed by atoms with E-state index in [4.69, 9.17) is 23.7 Å². The summed E-state index contributed by atoms with van der Waals surface area (Å²) < 4.78 is 40.5. The summed E-state index contributed by atoms with van der Waals surface area (Å²) in [4.78, 5) is 13.1. The Kier molecular flexibility index (Phi) is 5.21. The van der Waals surface area contributed by atoms with Crippen molar-refractivity contribution in [3.05, 3.63) is 46.8 Å². The summed E-state index contributed by atoms with van der Waals surface area (Å²) in [6.07, 6.45) is 1.56. The first-order valence-corrected chi connectivity index (χ1v) is 8.08. The highest BCUT2D eigenvalue weighted by atomic mass is 19.1. The van der Waals surface area contributed by atoms with Crippen molar-refractivity contribution in [3.8, 4) is 28.7 Å². The van der Waals surface area contributed by atoms with Crippen LogP contribution >= 0.6 is 0 Å². The SMILES string of the molecule is COc1cc(F)cc(/C=C2\COc3cc(OC)c(OC)c(OC)c3C2=O)c1. The van der Waals surface area contributed by atoms with Crippen LogP contribution in [0.25, 0.3) is 6.08 Å². The Hall–Kier alpha value is -3.22. The smallest absolute Gasteiger partial charge is 0.204 e. The van der Waals surface area contributed by atoms with Crippen LogP contribution in [0, 0.1) is 5.82 Å². The zero-order valence-corrected chi connectivity index (χ0v) is 15.4. The molecule has 0 N–H and O–H groups in total. The van der Waals surface area contributed by atoms with Crippen molar-refractivity contribution in [2.45, 2.75) is 0 Å². The second-order valence-corrected chi connectivity index (χ2v) is 5.73. The van der Waals surface area contributed by atoms with Gasteiger partial charge in [0.2, 0.25) is 5.75 Å². The monoisotopic (exact) mass is 374 g/mol. The lowest BCUT2D eigenvalue weighted by Crippen LogP contribution is -2.20. The molecule has 0 bridgehead atoms. The van der Waals surface area contributed by atoms with E-state index in [1.165, 1.54) is 40.6 Å². The molecule has 2 aromatic carbocycles. The molecule has 6 nitrogen and oxygen atoms in total. The van der Waals surface area contributed by atoms with Gasteiger partial charge in [-0.2, -0.15) is 0 Å². The summed E-state index contributed by atoms with van der Waals surface area (Å²) in [5.41, 5.74) is 1.07. The molecule has 1 heterocycles. The van der Waals surface area contributed by atoms with Crippen molar-refractivity contribution in [2.24, 2.45) is 0 Å². The molecule has 1 aliphatic heterocycles. The molecule has 0 unspecified atom stereocenters. The van der Waals surface area contributed by atoms with Gasteiger partial charge in [-0.15, -0.1) is 0 Å². The van der Waals surface area contributed by atoms with Crippen molar-refractivity contribution in [2.75, 3.05) is 35.0 Å². The molecule has 2 aromatic rings. The molecule has 0 atom stereocenters. The summed E-state index contributed by atoms with van der Waals surface area (Å²) in [5, 5.41) is 0. The van der Waals surface area contributed by atoms with Crippen LogP contribution < -0.4 is 23.7 Å². The number of ketones is 1. The third-order valence-electron chi connectivity index (χ3n) is 4.17. The molecule has 0 saturated carbocycles. The van der Waals surface area contributed by atoms with Crippen molar-refractivity contribution in [1.82, 2.24) is 0 Å². The Morgan fingerprint density at radius 2 is 1.70 bits per heavy atom. The van der Waals surface area contributed by atoms with Crippen molar-refractivity contribution in [3.63, 3.8) is 0 Å². The molecular weight excluding hydrogens is 355 g/mol. The maximum atomic E-state index is 13.7. The Morgan fingerprint density at radius 3 is 2.33 bits per heavy atom. The van der Waals surface area contributed by atoms with E-state index in [0.29, 0.717) is 34.1 Å². The molecule has 0 saturated heterocycles. The molecule has 1 aliphatic rings. The fraction of sp³-hybridized carbons (Fsp3) is 0.250. The van der Waals surface area contributed by atoms with E-state index < -0.39 is 5.82 Å². The molecule has 142 valence electrons. The lowest BCUT2D eigenvalue weighted by atomic mass is 9.96. The van der Waals surface area contributed by atoms with Crippen LogP contribution in [0.15, 0.2) is 29.8 Å². The van der Waals surface area contributed by atoms with Gasteiger partial charge in [0.25, 0.3) is 0 Å². The second-order valence-electron chi connectivity index (χ2n) is 5.73. The van der Waals surface area contributed by atoms with Gasteiger partial charge in [-0.3, -0.25) is 4.79 Å². The average molecular weight is 374 g/mol. The molecule has 0 amide bonds. The van der Waals surface area contributed by atoms with Crippen molar-refractivity contribution < 1.29 is 32.9 Å². The minimum atomic E-state index is -0.463. The maximum absolute atomic E-state index is 13.7. The topological polar surface area (TPSA) is 63.2 Å². The van der Waals surface area contributed by atoms with Gasteiger partial charge in [-0.25, -0.2) is 4.39 Å². The number of rotatable bonds is 5. The number of carbonyl (C=O) groups excluding carboxylic acids is 1. The number of benzene rings is 2. The van der Waals surface area contributed by atoms with Crippen LogP contribution in [0.4, 0.5) is 4.39 Å². The zero-order chi connectivity index (χ0) is 19.6. The van der Waals surface area contributed by atoms with Gasteiger partial charge in [-0.05, 0) is 23.8 Å². The van der Waals surface area contributed by atoms with Gasteiger partial charge in [0.15, 0.2) is 17.3 Å².